The number of hydrogen-bond donors (Lipinski definition) is 0. The average Bonchev–Trinajstić information content (AvgIpc) is 3.81. The van der Waals surface area contributed by atoms with Gasteiger partial charge in [-0.1, -0.05) is 155 Å². The summed E-state index contributed by atoms with van der Waals surface area (Å²) < 4.78 is 6.64. The maximum atomic E-state index is 6.64. The molecule has 0 saturated carbocycles. The van der Waals surface area contributed by atoms with Crippen LogP contribution in [0.3, 0.4) is 0 Å². The van der Waals surface area contributed by atoms with Crippen LogP contribution in [-0.4, -0.2) is 0 Å². The maximum absolute atomic E-state index is 6.64. The predicted octanol–water partition coefficient (Wildman–Crippen LogP) is 15.0. The van der Waals surface area contributed by atoms with Crippen molar-refractivity contribution in [3.8, 4) is 44.5 Å². The van der Waals surface area contributed by atoms with Crippen LogP contribution in [0.1, 0.15) is 49.9 Å². The summed E-state index contributed by atoms with van der Waals surface area (Å²) in [6.07, 6.45) is 0. The van der Waals surface area contributed by atoms with Gasteiger partial charge in [0.2, 0.25) is 0 Å². The van der Waals surface area contributed by atoms with Crippen molar-refractivity contribution in [3.05, 3.63) is 198 Å². The van der Waals surface area contributed by atoms with E-state index >= 15 is 0 Å². The second kappa shape index (κ2) is 11.9. The van der Waals surface area contributed by atoms with E-state index in [0.717, 1.165) is 61.3 Å². The SMILES string of the molecule is CC1(C)c2ccccc2-c2ccc(N(c3ccc4c(c3)C(C)(C)c3ccccc3-4)c3ccccc3-c3cc(-c4ccccc4)cc4oc5ccccc5c34)cc21. The third-order valence-corrected chi connectivity index (χ3v) is 12.7. The third kappa shape index (κ3) is 4.69. The number of furan rings is 1. The standard InChI is InChI=1S/C54H41NO/c1-53(2)45-22-12-8-18-38(45)40-28-26-36(32-47(40)53)55(37-27-29-41-39-19-9-13-23-46(39)54(3,4)48(41)33-37)49-24-14-10-20-42(49)44-30-35(34-16-6-5-7-17-34)31-51-52(44)43-21-11-15-25-50(43)56-51/h5-33H,1-4H3. The van der Waals surface area contributed by atoms with E-state index in [2.05, 4.69) is 209 Å². The first-order valence-electron chi connectivity index (χ1n) is 19.7. The number of anilines is 3. The lowest BCUT2D eigenvalue weighted by Crippen LogP contribution is -2.18. The van der Waals surface area contributed by atoms with Gasteiger partial charge in [-0.25, -0.2) is 0 Å². The summed E-state index contributed by atoms with van der Waals surface area (Å²) in [5, 5.41) is 2.25. The van der Waals surface area contributed by atoms with E-state index in [4.69, 9.17) is 4.42 Å². The fourth-order valence-electron chi connectivity index (χ4n) is 9.85. The number of para-hydroxylation sites is 2. The second-order valence-corrected chi connectivity index (χ2v) is 16.5. The van der Waals surface area contributed by atoms with Gasteiger partial charge >= 0.3 is 0 Å². The number of nitrogens with zero attached hydrogens (tertiary/aromatic N) is 1. The molecule has 2 aliphatic rings. The number of fused-ring (bicyclic) bond motifs is 9. The summed E-state index contributed by atoms with van der Waals surface area (Å²) in [4.78, 5) is 2.50. The van der Waals surface area contributed by atoms with Gasteiger partial charge in [-0.15, -0.1) is 0 Å². The van der Waals surface area contributed by atoms with Crippen LogP contribution in [0.15, 0.2) is 180 Å². The van der Waals surface area contributed by atoms with Crippen LogP contribution < -0.4 is 4.90 Å². The number of benzene rings is 8. The van der Waals surface area contributed by atoms with Gasteiger partial charge in [0.1, 0.15) is 11.2 Å². The Hall–Kier alpha value is -6.64. The molecule has 268 valence electrons. The molecule has 0 radical (unpaired) electrons. The summed E-state index contributed by atoms with van der Waals surface area (Å²) in [6, 6.07) is 64.6. The molecular weight excluding hydrogens is 679 g/mol. The Kier molecular flexibility index (Phi) is 6.98. The molecule has 2 nitrogen and oxygen atoms in total. The number of hydrogen-bond acceptors (Lipinski definition) is 2. The van der Waals surface area contributed by atoms with Crippen molar-refractivity contribution in [1.82, 2.24) is 0 Å². The second-order valence-electron chi connectivity index (χ2n) is 16.5. The highest BCUT2D eigenvalue weighted by molar-refractivity contribution is 6.15. The Balaban J connectivity index is 1.19. The summed E-state index contributed by atoms with van der Waals surface area (Å²) in [7, 11) is 0. The predicted molar refractivity (Wildman–Crippen MR) is 234 cm³/mol. The molecule has 8 aromatic carbocycles. The van der Waals surface area contributed by atoms with Crippen molar-refractivity contribution in [2.45, 2.75) is 38.5 Å². The highest BCUT2D eigenvalue weighted by Crippen LogP contribution is 2.54. The quantitative estimate of drug-likeness (QED) is 0.176. The Morgan fingerprint density at radius 1 is 0.375 bits per heavy atom. The molecule has 2 heteroatoms. The van der Waals surface area contributed by atoms with E-state index in [1.807, 2.05) is 0 Å². The third-order valence-electron chi connectivity index (χ3n) is 12.7. The van der Waals surface area contributed by atoms with E-state index in [1.165, 1.54) is 44.5 Å². The molecule has 0 N–H and O–H groups in total. The molecule has 2 aliphatic carbocycles. The Bertz CT molecular complexity index is 2930. The Labute approximate surface area is 328 Å². The molecule has 1 heterocycles. The van der Waals surface area contributed by atoms with Crippen molar-refractivity contribution >= 4 is 39.0 Å². The van der Waals surface area contributed by atoms with Crippen LogP contribution in [0.5, 0.6) is 0 Å². The average molecular weight is 720 g/mol. The normalized spacial score (nSPS) is 14.4. The summed E-state index contributed by atoms with van der Waals surface area (Å²) in [5.74, 6) is 0. The zero-order chi connectivity index (χ0) is 37.8. The van der Waals surface area contributed by atoms with Crippen molar-refractivity contribution in [2.75, 3.05) is 4.90 Å². The maximum Gasteiger partial charge on any atom is 0.136 e. The van der Waals surface area contributed by atoms with Crippen molar-refractivity contribution in [1.29, 1.82) is 0 Å². The summed E-state index contributed by atoms with van der Waals surface area (Å²) in [5.41, 5.74) is 20.2. The minimum absolute atomic E-state index is 0.138. The smallest absolute Gasteiger partial charge is 0.136 e. The van der Waals surface area contributed by atoms with Crippen molar-refractivity contribution < 1.29 is 4.42 Å². The largest absolute Gasteiger partial charge is 0.456 e. The van der Waals surface area contributed by atoms with Gasteiger partial charge < -0.3 is 9.32 Å². The lowest BCUT2D eigenvalue weighted by molar-refractivity contribution is 0.660. The van der Waals surface area contributed by atoms with Gasteiger partial charge in [-0.05, 0) is 110 Å². The van der Waals surface area contributed by atoms with E-state index in [0.29, 0.717) is 0 Å². The molecule has 0 amide bonds. The fourth-order valence-corrected chi connectivity index (χ4v) is 9.85. The van der Waals surface area contributed by atoms with Crippen LogP contribution in [0.4, 0.5) is 17.1 Å². The zero-order valence-electron chi connectivity index (χ0n) is 32.1. The summed E-state index contributed by atoms with van der Waals surface area (Å²) in [6.45, 7) is 9.46. The Morgan fingerprint density at radius 3 is 1.54 bits per heavy atom. The van der Waals surface area contributed by atoms with E-state index in [-0.39, 0.29) is 10.8 Å². The topological polar surface area (TPSA) is 16.4 Å². The lowest BCUT2D eigenvalue weighted by Gasteiger charge is -2.31. The first-order chi connectivity index (χ1) is 27.3. The fraction of sp³-hybridized carbons (Fsp3) is 0.111. The highest BCUT2D eigenvalue weighted by atomic mass is 16.3. The minimum atomic E-state index is -0.138. The van der Waals surface area contributed by atoms with Crippen LogP contribution in [0.2, 0.25) is 0 Å². The minimum Gasteiger partial charge on any atom is -0.456 e. The van der Waals surface area contributed by atoms with Crippen molar-refractivity contribution in [2.24, 2.45) is 0 Å². The highest BCUT2D eigenvalue weighted by Gasteiger charge is 2.38. The van der Waals surface area contributed by atoms with E-state index in [1.54, 1.807) is 0 Å². The molecule has 1 aromatic heterocycles. The van der Waals surface area contributed by atoms with E-state index in [9.17, 15) is 0 Å². The van der Waals surface area contributed by atoms with Crippen LogP contribution in [0.25, 0.3) is 66.4 Å². The zero-order valence-corrected chi connectivity index (χ0v) is 32.1. The molecule has 9 aromatic rings. The van der Waals surface area contributed by atoms with Gasteiger partial charge in [-0.3, -0.25) is 0 Å². The molecular formula is C54H41NO. The van der Waals surface area contributed by atoms with Crippen LogP contribution in [0, 0.1) is 0 Å². The summed E-state index contributed by atoms with van der Waals surface area (Å²) >= 11 is 0. The molecule has 0 unspecified atom stereocenters. The molecule has 0 bridgehead atoms. The van der Waals surface area contributed by atoms with E-state index < -0.39 is 0 Å². The molecule has 56 heavy (non-hydrogen) atoms. The van der Waals surface area contributed by atoms with Crippen molar-refractivity contribution in [3.63, 3.8) is 0 Å². The lowest BCUT2D eigenvalue weighted by atomic mass is 9.82. The molecule has 0 fully saturated rings. The number of rotatable bonds is 5. The monoisotopic (exact) mass is 719 g/mol. The van der Waals surface area contributed by atoms with Crippen LogP contribution in [-0.2, 0) is 10.8 Å². The molecule has 0 spiro atoms. The van der Waals surface area contributed by atoms with Crippen LogP contribution >= 0.6 is 0 Å². The van der Waals surface area contributed by atoms with Gasteiger partial charge in [0.15, 0.2) is 0 Å². The molecule has 11 rings (SSSR count). The van der Waals surface area contributed by atoms with Gasteiger partial charge in [-0.2, -0.15) is 0 Å². The molecule has 0 aliphatic heterocycles. The van der Waals surface area contributed by atoms with Gasteiger partial charge in [0.25, 0.3) is 0 Å². The molecule has 0 saturated heterocycles. The van der Waals surface area contributed by atoms with Gasteiger partial charge in [0, 0.05) is 38.5 Å². The first kappa shape index (κ1) is 32.8. The first-order valence-corrected chi connectivity index (χ1v) is 19.7. The Morgan fingerprint density at radius 2 is 0.893 bits per heavy atom. The van der Waals surface area contributed by atoms with Gasteiger partial charge in [0.05, 0.1) is 5.69 Å². The molecule has 0 atom stereocenters.